The molecule has 21 heavy (non-hydrogen) atoms. The van der Waals surface area contributed by atoms with Gasteiger partial charge in [-0.3, -0.25) is 24.6 Å². The van der Waals surface area contributed by atoms with Gasteiger partial charge in [0.2, 0.25) is 17.7 Å². The summed E-state index contributed by atoms with van der Waals surface area (Å²) in [6, 6.07) is -0.715. The molecule has 5 amide bonds. The van der Waals surface area contributed by atoms with Crippen LogP contribution in [0.25, 0.3) is 0 Å². The molecule has 1 aliphatic carbocycles. The summed E-state index contributed by atoms with van der Waals surface area (Å²) in [6.45, 7) is 0.0106. The van der Waals surface area contributed by atoms with Crippen molar-refractivity contribution in [2.45, 2.75) is 38.5 Å². The van der Waals surface area contributed by atoms with Crippen LogP contribution in [-0.4, -0.2) is 54.2 Å². The molecule has 1 saturated carbocycles. The van der Waals surface area contributed by atoms with Gasteiger partial charge in [0, 0.05) is 27.1 Å². The predicted octanol–water partition coefficient (Wildman–Crippen LogP) is 0.494. The van der Waals surface area contributed by atoms with E-state index in [-0.39, 0.29) is 18.9 Å². The van der Waals surface area contributed by atoms with E-state index >= 15 is 0 Å². The SMILES string of the molecule is CN(C)C(=O)CCN1C(=O)NC(=O)C2(CCCCC2)C1=O. The molecule has 0 atom stereocenters. The third kappa shape index (κ3) is 2.77. The Labute approximate surface area is 123 Å². The fraction of sp³-hybridized carbons (Fsp3) is 0.714. The van der Waals surface area contributed by atoms with Crippen LogP contribution < -0.4 is 5.32 Å². The largest absolute Gasteiger partial charge is 0.349 e. The van der Waals surface area contributed by atoms with E-state index in [1.807, 2.05) is 0 Å². The molecule has 0 radical (unpaired) electrons. The number of urea groups is 1. The number of hydrogen-bond acceptors (Lipinski definition) is 4. The zero-order chi connectivity index (χ0) is 15.6. The monoisotopic (exact) mass is 295 g/mol. The lowest BCUT2D eigenvalue weighted by Gasteiger charge is -2.41. The zero-order valence-electron chi connectivity index (χ0n) is 12.5. The number of hydrogen-bond donors (Lipinski definition) is 1. The van der Waals surface area contributed by atoms with E-state index in [0.717, 1.165) is 24.2 Å². The summed E-state index contributed by atoms with van der Waals surface area (Å²) in [5, 5.41) is 2.28. The van der Waals surface area contributed by atoms with Crippen molar-refractivity contribution < 1.29 is 19.2 Å². The molecule has 1 heterocycles. The minimum atomic E-state index is -1.10. The first-order valence-corrected chi connectivity index (χ1v) is 7.26. The third-order valence-corrected chi connectivity index (χ3v) is 4.31. The molecule has 2 rings (SSSR count). The van der Waals surface area contributed by atoms with Crippen molar-refractivity contribution in [2.24, 2.45) is 5.41 Å². The Kier molecular flexibility index (Phi) is 4.29. The quantitative estimate of drug-likeness (QED) is 0.768. The molecule has 1 N–H and O–H groups in total. The van der Waals surface area contributed by atoms with Crippen LogP contribution in [0.15, 0.2) is 0 Å². The fourth-order valence-electron chi connectivity index (χ4n) is 2.96. The van der Waals surface area contributed by atoms with Crippen LogP contribution in [0.3, 0.4) is 0 Å². The summed E-state index contributed by atoms with van der Waals surface area (Å²) in [4.78, 5) is 50.7. The second-order valence-corrected chi connectivity index (χ2v) is 5.90. The van der Waals surface area contributed by atoms with Gasteiger partial charge in [-0.25, -0.2) is 4.79 Å². The second kappa shape index (κ2) is 5.83. The Morgan fingerprint density at radius 2 is 1.81 bits per heavy atom. The minimum absolute atomic E-state index is 0.0106. The molecular weight excluding hydrogens is 274 g/mol. The predicted molar refractivity (Wildman–Crippen MR) is 74.1 cm³/mol. The molecular formula is C14H21N3O4. The number of carbonyl (C=O) groups excluding carboxylic acids is 4. The molecule has 1 aliphatic heterocycles. The summed E-state index contributed by atoms with van der Waals surface area (Å²) in [7, 11) is 3.24. The topological polar surface area (TPSA) is 86.8 Å². The highest BCUT2D eigenvalue weighted by Crippen LogP contribution is 2.40. The first kappa shape index (κ1) is 15.5. The molecule has 1 saturated heterocycles. The highest BCUT2D eigenvalue weighted by molar-refractivity contribution is 6.19. The summed E-state index contributed by atoms with van der Waals surface area (Å²) < 4.78 is 0. The van der Waals surface area contributed by atoms with Crippen LogP contribution in [0.1, 0.15) is 38.5 Å². The number of rotatable bonds is 3. The molecule has 1 spiro atoms. The number of nitrogens with zero attached hydrogens (tertiary/aromatic N) is 2. The highest BCUT2D eigenvalue weighted by atomic mass is 16.2. The van der Waals surface area contributed by atoms with Crippen LogP contribution >= 0.6 is 0 Å². The van der Waals surface area contributed by atoms with Crippen LogP contribution in [0.4, 0.5) is 4.79 Å². The smallest absolute Gasteiger partial charge is 0.330 e. The first-order chi connectivity index (χ1) is 9.88. The number of barbiturate groups is 1. The Bertz CT molecular complexity index is 481. The third-order valence-electron chi connectivity index (χ3n) is 4.31. The molecule has 0 aromatic carbocycles. The molecule has 0 aromatic heterocycles. The van der Waals surface area contributed by atoms with Gasteiger partial charge < -0.3 is 4.90 Å². The molecule has 2 fully saturated rings. The van der Waals surface area contributed by atoms with Crippen molar-refractivity contribution in [1.29, 1.82) is 0 Å². The van der Waals surface area contributed by atoms with Crippen molar-refractivity contribution in [1.82, 2.24) is 15.1 Å². The summed E-state index contributed by atoms with van der Waals surface area (Å²) in [5.74, 6) is -1.08. The van der Waals surface area contributed by atoms with Crippen molar-refractivity contribution >= 4 is 23.8 Å². The lowest BCUT2D eigenvalue weighted by molar-refractivity contribution is -0.154. The van der Waals surface area contributed by atoms with E-state index in [9.17, 15) is 19.2 Å². The van der Waals surface area contributed by atoms with Gasteiger partial charge in [-0.05, 0) is 12.8 Å². The molecule has 0 bridgehead atoms. The average Bonchev–Trinajstić information content (AvgIpc) is 2.46. The zero-order valence-corrected chi connectivity index (χ0v) is 12.5. The summed E-state index contributed by atoms with van der Waals surface area (Å²) in [6.07, 6.45) is 3.62. The van der Waals surface area contributed by atoms with Crippen LogP contribution in [0.2, 0.25) is 0 Å². The van der Waals surface area contributed by atoms with Crippen molar-refractivity contribution in [3.63, 3.8) is 0 Å². The van der Waals surface area contributed by atoms with Crippen LogP contribution in [0.5, 0.6) is 0 Å². The van der Waals surface area contributed by atoms with Gasteiger partial charge in [0.05, 0.1) is 0 Å². The van der Waals surface area contributed by atoms with Gasteiger partial charge in [0.15, 0.2) is 0 Å². The number of nitrogens with one attached hydrogen (secondary N) is 1. The van der Waals surface area contributed by atoms with Gasteiger partial charge in [0.25, 0.3) is 0 Å². The minimum Gasteiger partial charge on any atom is -0.349 e. The van der Waals surface area contributed by atoms with E-state index in [1.165, 1.54) is 4.90 Å². The molecule has 7 heteroatoms. The summed E-state index contributed by atoms with van der Waals surface area (Å²) in [5.41, 5.74) is -1.10. The standard InChI is InChI=1S/C14H21N3O4/c1-16(2)10(18)6-9-17-12(20)14(7-4-3-5-8-14)11(19)15-13(17)21/h3-9H2,1-2H3,(H,15,19,21). The normalized spacial score (nSPS) is 21.4. The Morgan fingerprint density at radius 3 is 2.38 bits per heavy atom. The lowest BCUT2D eigenvalue weighted by Crippen LogP contribution is -2.64. The van der Waals surface area contributed by atoms with Gasteiger partial charge >= 0.3 is 6.03 Å². The molecule has 7 nitrogen and oxygen atoms in total. The van der Waals surface area contributed by atoms with Crippen molar-refractivity contribution in [3.05, 3.63) is 0 Å². The van der Waals surface area contributed by atoms with E-state index in [0.29, 0.717) is 12.8 Å². The maximum Gasteiger partial charge on any atom is 0.330 e. The average molecular weight is 295 g/mol. The van der Waals surface area contributed by atoms with Crippen LogP contribution in [-0.2, 0) is 14.4 Å². The first-order valence-electron chi connectivity index (χ1n) is 7.26. The maximum absolute atomic E-state index is 12.6. The number of amides is 5. The summed E-state index contributed by atoms with van der Waals surface area (Å²) >= 11 is 0. The molecule has 2 aliphatic rings. The Morgan fingerprint density at radius 1 is 1.19 bits per heavy atom. The maximum atomic E-state index is 12.6. The fourth-order valence-corrected chi connectivity index (χ4v) is 2.96. The number of carbonyl (C=O) groups is 4. The Balaban J connectivity index is 2.13. The molecule has 116 valence electrons. The highest BCUT2D eigenvalue weighted by Gasteiger charge is 2.53. The lowest BCUT2D eigenvalue weighted by atomic mass is 9.71. The van der Waals surface area contributed by atoms with E-state index in [2.05, 4.69) is 5.32 Å². The van der Waals surface area contributed by atoms with Crippen molar-refractivity contribution in [3.8, 4) is 0 Å². The molecule has 0 unspecified atom stereocenters. The number of imide groups is 2. The Hall–Kier alpha value is -1.92. The molecule has 0 aromatic rings. The van der Waals surface area contributed by atoms with E-state index < -0.39 is 23.3 Å². The van der Waals surface area contributed by atoms with Gasteiger partial charge in [-0.15, -0.1) is 0 Å². The van der Waals surface area contributed by atoms with Crippen molar-refractivity contribution in [2.75, 3.05) is 20.6 Å². The van der Waals surface area contributed by atoms with Crippen LogP contribution in [0, 0.1) is 5.41 Å². The van der Waals surface area contributed by atoms with Gasteiger partial charge in [0.1, 0.15) is 5.41 Å². The van der Waals surface area contributed by atoms with Gasteiger partial charge in [-0.1, -0.05) is 19.3 Å². The van der Waals surface area contributed by atoms with E-state index in [4.69, 9.17) is 0 Å². The van der Waals surface area contributed by atoms with Gasteiger partial charge in [-0.2, -0.15) is 0 Å². The second-order valence-electron chi connectivity index (χ2n) is 5.90. The van der Waals surface area contributed by atoms with E-state index in [1.54, 1.807) is 14.1 Å².